The minimum Gasteiger partial charge on any atom is -0.756 e. The van der Waals surface area contributed by atoms with Crippen molar-refractivity contribution in [2.24, 2.45) is 0 Å². The zero-order chi connectivity index (χ0) is 40.9. The molecular weight excluding hydrogens is 717 g/mol. The Bertz CT molecular complexity index is 1060. The summed E-state index contributed by atoms with van der Waals surface area (Å²) in [5.41, 5.74) is 0. The summed E-state index contributed by atoms with van der Waals surface area (Å²) in [5, 5.41) is 10.2. The normalized spacial score (nSPS) is 14.5. The summed E-state index contributed by atoms with van der Waals surface area (Å²) in [4.78, 5) is 37.5. The Kier molecular flexibility index (Phi) is 35.3. The van der Waals surface area contributed by atoms with E-state index in [0.29, 0.717) is 30.3 Å². The van der Waals surface area contributed by atoms with Gasteiger partial charge >= 0.3 is 11.9 Å². The average molecular weight is 800 g/mol. The first-order valence-corrected chi connectivity index (χ1v) is 23.3. The number of hydrogen-bond donors (Lipinski definition) is 1. The van der Waals surface area contributed by atoms with Gasteiger partial charge in [-0.25, -0.2) is 0 Å². The number of carbonyl (C=O) groups excluding carboxylic acids is 2. The quantitative estimate of drug-likeness (QED) is 0.0161. The van der Waals surface area contributed by atoms with Gasteiger partial charge in [-0.1, -0.05) is 140 Å². The average Bonchev–Trinajstić information content (AvgIpc) is 3.12. The molecule has 3 unspecified atom stereocenters. The molecule has 0 aromatic carbocycles. The molecule has 0 fully saturated rings. The molecule has 0 rings (SSSR count). The van der Waals surface area contributed by atoms with Crippen molar-refractivity contribution in [2.45, 2.75) is 187 Å². The Labute approximate surface area is 336 Å². The third kappa shape index (κ3) is 40.2. The van der Waals surface area contributed by atoms with E-state index in [2.05, 4.69) is 32.1 Å². The first-order valence-electron chi connectivity index (χ1n) is 21.8. The van der Waals surface area contributed by atoms with Crippen molar-refractivity contribution in [1.82, 2.24) is 0 Å². The van der Waals surface area contributed by atoms with Gasteiger partial charge in [0.05, 0.1) is 33.9 Å². The summed E-state index contributed by atoms with van der Waals surface area (Å²) >= 11 is 0. The number of allylic oxidation sites excluding steroid dienone is 5. The number of ether oxygens (including phenoxy) is 2. The number of quaternary nitrogens is 1. The molecule has 322 valence electrons. The van der Waals surface area contributed by atoms with Crippen LogP contribution < -0.4 is 4.89 Å². The van der Waals surface area contributed by atoms with Crippen LogP contribution in [0.3, 0.4) is 0 Å². The van der Waals surface area contributed by atoms with E-state index >= 15 is 0 Å². The molecule has 0 aromatic heterocycles. The van der Waals surface area contributed by atoms with Crippen LogP contribution in [0, 0.1) is 0 Å². The molecule has 0 saturated carbocycles. The Morgan fingerprint density at radius 1 is 0.655 bits per heavy atom. The number of likely N-dealkylation sites (N-methyl/N-ethyl adjacent to an activating group) is 1. The third-order valence-electron chi connectivity index (χ3n) is 9.24. The molecule has 0 aliphatic rings. The van der Waals surface area contributed by atoms with Crippen molar-refractivity contribution in [2.75, 3.05) is 47.5 Å². The Morgan fingerprint density at radius 3 is 1.78 bits per heavy atom. The standard InChI is InChI=1S/C44H82NO9P/c1-6-8-10-12-14-15-16-17-18-19-20-21-23-27-31-35-43(47)51-39-42(40-53-55(49,50)52-38-37-45(3,4)5)54-44(48)36-32-28-24-26-30-34-41(46)33-29-25-22-13-11-9-7-2/h17-18,22,25,29,33,41-42,46H,6-16,19-21,23-24,26-28,30-32,34-40H2,1-5H3/b18-17-,25-22-,33-29+. The van der Waals surface area contributed by atoms with Crippen molar-refractivity contribution in [1.29, 1.82) is 0 Å². The number of nitrogens with zero attached hydrogens (tertiary/aromatic N) is 1. The molecule has 0 amide bonds. The maximum atomic E-state index is 12.7. The van der Waals surface area contributed by atoms with Crippen molar-refractivity contribution >= 4 is 19.8 Å². The molecule has 3 atom stereocenters. The number of unbranched alkanes of at least 4 members (excludes halogenated alkanes) is 18. The summed E-state index contributed by atoms with van der Waals surface area (Å²) in [6, 6.07) is 0. The van der Waals surface area contributed by atoms with Crippen LogP contribution in [0.1, 0.15) is 174 Å². The van der Waals surface area contributed by atoms with Crippen LogP contribution in [-0.2, 0) is 32.7 Å². The van der Waals surface area contributed by atoms with E-state index < -0.39 is 38.6 Å². The fourth-order valence-electron chi connectivity index (χ4n) is 5.73. The topological polar surface area (TPSA) is 131 Å². The van der Waals surface area contributed by atoms with E-state index in [9.17, 15) is 24.2 Å². The molecule has 10 nitrogen and oxygen atoms in total. The van der Waals surface area contributed by atoms with Gasteiger partial charge < -0.3 is 33.0 Å². The van der Waals surface area contributed by atoms with E-state index in [0.717, 1.165) is 64.2 Å². The Balaban J connectivity index is 4.47. The van der Waals surface area contributed by atoms with Gasteiger partial charge in [0.1, 0.15) is 19.8 Å². The van der Waals surface area contributed by atoms with E-state index in [1.165, 1.54) is 64.2 Å². The van der Waals surface area contributed by atoms with E-state index in [1.54, 1.807) is 0 Å². The molecule has 0 spiro atoms. The van der Waals surface area contributed by atoms with Crippen LogP contribution in [0.25, 0.3) is 0 Å². The molecule has 0 bridgehead atoms. The highest BCUT2D eigenvalue weighted by Crippen LogP contribution is 2.38. The van der Waals surface area contributed by atoms with Crippen LogP contribution in [0.2, 0.25) is 0 Å². The number of esters is 2. The van der Waals surface area contributed by atoms with Crippen LogP contribution in [-0.4, -0.2) is 81.2 Å². The number of phosphoric ester groups is 1. The van der Waals surface area contributed by atoms with Gasteiger partial charge in [0.15, 0.2) is 6.10 Å². The zero-order valence-electron chi connectivity index (χ0n) is 35.7. The van der Waals surface area contributed by atoms with Crippen LogP contribution >= 0.6 is 7.82 Å². The minimum absolute atomic E-state index is 0.0497. The van der Waals surface area contributed by atoms with Gasteiger partial charge in [0, 0.05) is 12.8 Å². The second kappa shape index (κ2) is 36.5. The van der Waals surface area contributed by atoms with Gasteiger partial charge in [-0.2, -0.15) is 0 Å². The van der Waals surface area contributed by atoms with E-state index in [4.69, 9.17) is 18.5 Å². The van der Waals surface area contributed by atoms with Crippen LogP contribution in [0.5, 0.6) is 0 Å². The van der Waals surface area contributed by atoms with Crippen molar-refractivity contribution in [3.8, 4) is 0 Å². The lowest BCUT2D eigenvalue weighted by Crippen LogP contribution is -2.37. The van der Waals surface area contributed by atoms with Crippen molar-refractivity contribution in [3.05, 3.63) is 36.5 Å². The van der Waals surface area contributed by atoms with E-state index in [1.807, 2.05) is 39.4 Å². The van der Waals surface area contributed by atoms with Crippen molar-refractivity contribution in [3.63, 3.8) is 0 Å². The highest BCUT2D eigenvalue weighted by Gasteiger charge is 2.21. The van der Waals surface area contributed by atoms with Crippen LogP contribution in [0.4, 0.5) is 0 Å². The zero-order valence-corrected chi connectivity index (χ0v) is 36.6. The molecule has 0 saturated heterocycles. The number of rotatable bonds is 39. The second-order valence-corrected chi connectivity index (χ2v) is 17.3. The van der Waals surface area contributed by atoms with Gasteiger partial charge in [0.25, 0.3) is 7.82 Å². The molecule has 0 aromatic rings. The first-order chi connectivity index (χ1) is 26.4. The maximum Gasteiger partial charge on any atom is 0.306 e. The summed E-state index contributed by atoms with van der Waals surface area (Å²) < 4.78 is 33.8. The monoisotopic (exact) mass is 800 g/mol. The van der Waals surface area contributed by atoms with Gasteiger partial charge in [-0.15, -0.1) is 0 Å². The van der Waals surface area contributed by atoms with E-state index in [-0.39, 0.29) is 26.1 Å². The van der Waals surface area contributed by atoms with Gasteiger partial charge in [-0.05, 0) is 57.8 Å². The number of phosphoric acid groups is 1. The number of hydrogen-bond acceptors (Lipinski definition) is 9. The fraction of sp³-hybridized carbons (Fsp3) is 0.818. The highest BCUT2D eigenvalue weighted by atomic mass is 31.2. The SMILES string of the molecule is CCCCC/C=C\C=C\C(O)CCCCCCCC(=O)OC(COC(=O)CCCCCCC/C=C\CCCCCCCC)COP(=O)([O-])OCC[N+](C)(C)C. The Morgan fingerprint density at radius 2 is 1.16 bits per heavy atom. The lowest BCUT2D eigenvalue weighted by Gasteiger charge is -2.28. The molecule has 0 radical (unpaired) electrons. The molecular formula is C44H82NO9P. The second-order valence-electron chi connectivity index (χ2n) is 15.9. The molecule has 0 aliphatic carbocycles. The highest BCUT2D eigenvalue weighted by molar-refractivity contribution is 7.45. The lowest BCUT2D eigenvalue weighted by molar-refractivity contribution is -0.870. The molecule has 55 heavy (non-hydrogen) atoms. The predicted octanol–water partition coefficient (Wildman–Crippen LogP) is 10.5. The van der Waals surface area contributed by atoms with Gasteiger partial charge in [-0.3, -0.25) is 14.2 Å². The van der Waals surface area contributed by atoms with Crippen LogP contribution in [0.15, 0.2) is 36.5 Å². The summed E-state index contributed by atoms with van der Waals surface area (Å²) in [6.45, 7) is 4.05. The minimum atomic E-state index is -4.65. The summed E-state index contributed by atoms with van der Waals surface area (Å²) in [5.74, 6) is -0.917. The molecule has 1 N–H and O–H groups in total. The molecule has 0 aliphatic heterocycles. The third-order valence-corrected chi connectivity index (χ3v) is 10.2. The number of aliphatic hydroxyl groups is 1. The smallest absolute Gasteiger partial charge is 0.306 e. The summed E-state index contributed by atoms with van der Waals surface area (Å²) in [7, 11) is 1.10. The fourth-order valence-corrected chi connectivity index (χ4v) is 6.45. The van der Waals surface area contributed by atoms with Gasteiger partial charge in [0.2, 0.25) is 0 Å². The largest absolute Gasteiger partial charge is 0.756 e. The molecule has 11 heteroatoms. The number of aliphatic hydroxyl groups excluding tert-OH is 1. The number of carbonyl (C=O) groups is 2. The lowest BCUT2D eigenvalue weighted by atomic mass is 10.1. The Hall–Kier alpha value is -1.81. The van der Waals surface area contributed by atoms with Crippen molar-refractivity contribution < 1.29 is 47.2 Å². The maximum absolute atomic E-state index is 12.7. The summed E-state index contributed by atoms with van der Waals surface area (Å²) in [6.07, 6.45) is 36.1. The first kappa shape index (κ1) is 53.2. The predicted molar refractivity (Wildman–Crippen MR) is 223 cm³/mol. The molecule has 0 heterocycles.